The number of hydrogen-bond acceptors (Lipinski definition) is 22. The number of carbonyl (C=O) groups is 9. The molecule has 0 spiro atoms. The standard InChI is InChI=1S/C56H82N14O20S2/c1-35-24-39(25-36(2)52(35)92(88,89)65-42(55(83)84)28-61-53(81)41-29-66(4)44-26-38(8-9-40(44)51(41)80)27-62-56-59-13-14-60-56)90-23-5-6-45(71)57-11-12-58-54(82)43(34-91(85,86)87)64-46(72)10-7-37(3)63-47(73)30-67-15-17-68(31-48(74)75)19-21-70(33-50(78)79)22-20-69(18-16-67)32-49(76)77/h8-9,13-14,24-26,29,37,42-43,65,85-87H,5-7,10-12,15-23,27-28,30-34H2,1-4H3,(H,57,71)(H,58,82)(H,61,81)(H,63,73)(H,64,72)(H,74,75)(H,76,77)(H,78,79)(H,83,84)(H2,59,60,62)/t37-,42+,43?/m1/s1. The summed E-state index contributed by atoms with van der Waals surface area (Å²) < 4.78 is 66.2. The van der Waals surface area contributed by atoms with Gasteiger partial charge >= 0.3 is 23.9 Å². The van der Waals surface area contributed by atoms with Crippen LogP contribution in [-0.4, -0.2) is 259 Å². The Balaban J connectivity index is 1.03. The summed E-state index contributed by atoms with van der Waals surface area (Å²) in [4.78, 5) is 139. The molecule has 15 N–H and O–H groups in total. The summed E-state index contributed by atoms with van der Waals surface area (Å²) in [6.07, 6.45) is 4.43. The minimum absolute atomic E-state index is 0.00855. The van der Waals surface area contributed by atoms with Crippen LogP contribution < -0.4 is 46.8 Å². The van der Waals surface area contributed by atoms with E-state index in [-0.39, 0.29) is 157 Å². The number of amides is 5. The molecule has 508 valence electrons. The van der Waals surface area contributed by atoms with Crippen molar-refractivity contribution in [3.8, 4) is 5.75 Å². The van der Waals surface area contributed by atoms with Gasteiger partial charge in [0.2, 0.25) is 39.1 Å². The number of carboxylic acids is 4. The van der Waals surface area contributed by atoms with Crippen molar-refractivity contribution in [3.63, 3.8) is 0 Å². The van der Waals surface area contributed by atoms with Crippen molar-refractivity contribution in [2.24, 2.45) is 7.05 Å². The number of fused-ring (bicyclic) bond motifs is 1. The molecule has 36 heteroatoms. The molecule has 92 heavy (non-hydrogen) atoms. The minimum Gasteiger partial charge on any atom is -0.494 e. The molecule has 5 amide bonds. The van der Waals surface area contributed by atoms with Crippen LogP contribution in [0.1, 0.15) is 59.7 Å². The van der Waals surface area contributed by atoms with Crippen LogP contribution in [0.15, 0.2) is 58.6 Å². The molecule has 1 aliphatic rings. The number of carbonyl (C=O) groups excluding carboxylic acids is 5. The maximum Gasteiger partial charge on any atom is 0.323 e. The fraction of sp³-hybridized carbons (Fsp3) is 0.518. The quantitative estimate of drug-likeness (QED) is 0.0237. The first-order chi connectivity index (χ1) is 43.4. The second-order valence-corrected chi connectivity index (χ2v) is 25.3. The van der Waals surface area contributed by atoms with Gasteiger partial charge in [0.1, 0.15) is 23.4 Å². The molecule has 3 atom stereocenters. The topological polar surface area (TPSA) is 486 Å². The summed E-state index contributed by atoms with van der Waals surface area (Å²) in [5.41, 5.74) is 0.782. The molecule has 0 bridgehead atoms. The van der Waals surface area contributed by atoms with Gasteiger partial charge in [-0.3, -0.25) is 67.5 Å². The molecule has 3 heterocycles. The Labute approximate surface area is 531 Å². The van der Waals surface area contributed by atoms with Crippen molar-refractivity contribution >= 4 is 91.2 Å². The third kappa shape index (κ3) is 25.4. The number of ether oxygens (including phenoxy) is 1. The summed E-state index contributed by atoms with van der Waals surface area (Å²) in [5, 5.41) is 54.2. The van der Waals surface area contributed by atoms with Crippen molar-refractivity contribution in [1.82, 2.24) is 65.4 Å². The molecule has 1 saturated heterocycles. The minimum atomic E-state index is -4.55. The van der Waals surface area contributed by atoms with Crippen molar-refractivity contribution in [2.45, 2.75) is 76.0 Å². The predicted octanol–water partition coefficient (Wildman–Crippen LogP) is -1.49. The van der Waals surface area contributed by atoms with Crippen LogP contribution in [-0.2, 0) is 62.0 Å². The summed E-state index contributed by atoms with van der Waals surface area (Å²) in [7, 11) is -7.23. The Bertz CT molecular complexity index is 3370. The van der Waals surface area contributed by atoms with E-state index in [0.29, 0.717) is 18.0 Å². The van der Waals surface area contributed by atoms with E-state index in [4.69, 9.17) is 4.74 Å². The van der Waals surface area contributed by atoms with Crippen LogP contribution in [0.2, 0.25) is 0 Å². The van der Waals surface area contributed by atoms with Gasteiger partial charge in [-0.15, -0.1) is 0 Å². The number of aryl methyl sites for hydroxylation is 3. The summed E-state index contributed by atoms with van der Waals surface area (Å²) >= 11 is 0. The number of aromatic nitrogens is 3. The Morgan fingerprint density at radius 1 is 0.707 bits per heavy atom. The largest absolute Gasteiger partial charge is 0.494 e. The van der Waals surface area contributed by atoms with E-state index in [9.17, 15) is 90.4 Å². The monoisotopic (exact) mass is 1330 g/mol. The lowest BCUT2D eigenvalue weighted by atomic mass is 10.1. The molecular weight excluding hydrogens is 1250 g/mol. The Hall–Kier alpha value is -8.33. The zero-order valence-electron chi connectivity index (χ0n) is 51.3. The number of sulfonamides is 1. The SMILES string of the molecule is Cc1cc(OCCCC(=O)NCCNC(=O)C(CS(O)(O)O)NC(=O)CC[C@@H](C)NC(=O)CN2CCN(CC(=O)O)CCN(CC(=O)O)CCN(CC(=O)O)CC2)cc(C)c1S(=O)(=O)N[C@@H](CNC(=O)c1cn(C)c2cc(CNc3ncc[nH]3)ccc2c1=O)C(=O)O. The highest BCUT2D eigenvalue weighted by Gasteiger charge is 2.31. The Kier molecular flexibility index (Phi) is 28.7. The highest BCUT2D eigenvalue weighted by atomic mass is 32.3. The van der Waals surface area contributed by atoms with Crippen LogP contribution in [0.5, 0.6) is 5.75 Å². The van der Waals surface area contributed by atoms with Gasteiger partial charge in [0.15, 0.2) is 5.95 Å². The summed E-state index contributed by atoms with van der Waals surface area (Å²) in [6, 6.07) is 3.74. The molecule has 2 aromatic carbocycles. The fourth-order valence-corrected chi connectivity index (χ4v) is 12.2. The number of anilines is 1. The molecular formula is C56H82N14O20S2. The van der Waals surface area contributed by atoms with Gasteiger partial charge in [0.25, 0.3) is 5.91 Å². The molecule has 0 aliphatic carbocycles. The van der Waals surface area contributed by atoms with Crippen LogP contribution in [0.3, 0.4) is 0 Å². The number of benzene rings is 2. The Morgan fingerprint density at radius 2 is 1.27 bits per heavy atom. The number of nitrogens with one attached hydrogen (secondary N) is 8. The van der Waals surface area contributed by atoms with Crippen molar-refractivity contribution in [3.05, 3.63) is 81.4 Å². The number of rotatable bonds is 34. The van der Waals surface area contributed by atoms with Crippen LogP contribution in [0, 0.1) is 13.8 Å². The van der Waals surface area contributed by atoms with E-state index in [1.807, 2.05) is 0 Å². The molecule has 1 fully saturated rings. The molecule has 0 radical (unpaired) electrons. The molecule has 4 aromatic rings. The highest BCUT2D eigenvalue weighted by molar-refractivity contribution is 8.19. The highest BCUT2D eigenvalue weighted by Crippen LogP contribution is 2.33. The average molecular weight is 1340 g/mol. The van der Waals surface area contributed by atoms with Crippen LogP contribution in [0.4, 0.5) is 5.95 Å². The van der Waals surface area contributed by atoms with E-state index >= 15 is 0 Å². The maximum absolute atomic E-state index is 13.7. The van der Waals surface area contributed by atoms with Crippen LogP contribution >= 0.6 is 10.9 Å². The number of nitrogens with zero attached hydrogens (tertiary/aromatic N) is 6. The first-order valence-corrected chi connectivity index (χ1v) is 32.3. The summed E-state index contributed by atoms with van der Waals surface area (Å²) in [5.74, 6) is -8.63. The van der Waals surface area contributed by atoms with Gasteiger partial charge in [0.05, 0.1) is 59.8 Å². The predicted molar refractivity (Wildman–Crippen MR) is 334 cm³/mol. The lowest BCUT2D eigenvalue weighted by molar-refractivity contribution is -0.140. The second kappa shape index (κ2) is 35.5. The first-order valence-electron chi connectivity index (χ1n) is 29.1. The fourth-order valence-electron chi connectivity index (χ4n) is 9.90. The van der Waals surface area contributed by atoms with E-state index in [1.165, 1.54) is 32.2 Å². The molecule has 0 saturated carbocycles. The van der Waals surface area contributed by atoms with Gasteiger partial charge < -0.3 is 80.3 Å². The Morgan fingerprint density at radius 3 is 1.80 bits per heavy atom. The van der Waals surface area contributed by atoms with E-state index < -0.39 is 110 Å². The molecule has 2 aromatic heterocycles. The number of H-pyrrole nitrogens is 1. The van der Waals surface area contributed by atoms with Gasteiger partial charge in [-0.1, -0.05) is 6.07 Å². The number of pyridine rings is 1. The van der Waals surface area contributed by atoms with Crippen molar-refractivity contribution in [1.29, 1.82) is 0 Å². The number of aliphatic carboxylic acids is 4. The first kappa shape index (κ1) is 74.4. The molecule has 5 rings (SSSR count). The summed E-state index contributed by atoms with van der Waals surface area (Å²) in [6.45, 7) is 4.20. The molecule has 34 nitrogen and oxygen atoms in total. The van der Waals surface area contributed by atoms with Crippen LogP contribution in [0.25, 0.3) is 10.9 Å². The molecule has 1 aliphatic heterocycles. The average Bonchev–Trinajstić information content (AvgIpc) is 0.802. The van der Waals surface area contributed by atoms with Crippen molar-refractivity contribution in [2.75, 3.05) is 116 Å². The van der Waals surface area contributed by atoms with E-state index in [1.54, 1.807) is 68.7 Å². The van der Waals surface area contributed by atoms with Gasteiger partial charge in [-0.05, 0) is 74.6 Å². The van der Waals surface area contributed by atoms with Gasteiger partial charge in [-0.2, -0.15) is 4.72 Å². The van der Waals surface area contributed by atoms with E-state index in [0.717, 1.165) is 5.56 Å². The number of aromatic amines is 1. The molecule has 1 unspecified atom stereocenters. The normalized spacial score (nSPS) is 15.3. The number of carboxylic acid groups (broad SMARTS) is 4. The third-order valence-corrected chi connectivity index (χ3v) is 17.0. The third-order valence-electron chi connectivity index (χ3n) is 14.4. The zero-order chi connectivity index (χ0) is 67.9. The lowest BCUT2D eigenvalue weighted by Crippen LogP contribution is -2.51. The van der Waals surface area contributed by atoms with Gasteiger partial charge in [-0.25, -0.2) is 13.4 Å². The zero-order valence-corrected chi connectivity index (χ0v) is 53.0. The lowest BCUT2D eigenvalue weighted by Gasteiger charge is -2.33. The van der Waals surface area contributed by atoms with Gasteiger partial charge in [0, 0.05) is 128 Å². The smallest absolute Gasteiger partial charge is 0.323 e. The van der Waals surface area contributed by atoms with E-state index in [2.05, 4.69) is 46.6 Å². The number of imidazole rings is 1. The second-order valence-electron chi connectivity index (χ2n) is 22.0. The van der Waals surface area contributed by atoms with Crippen molar-refractivity contribution < 1.29 is 90.4 Å². The maximum atomic E-state index is 13.7. The number of hydrogen-bond donors (Lipinski definition) is 15.